The van der Waals surface area contributed by atoms with Gasteiger partial charge in [-0.2, -0.15) is 4.98 Å². The van der Waals surface area contributed by atoms with Crippen LogP contribution in [0.2, 0.25) is 0 Å². The third-order valence-electron chi connectivity index (χ3n) is 5.72. The second-order valence-corrected chi connectivity index (χ2v) is 8.05. The van der Waals surface area contributed by atoms with Crippen molar-refractivity contribution < 1.29 is 19.1 Å². The third kappa shape index (κ3) is 4.93. The maximum absolute atomic E-state index is 12.5. The zero-order valence-electron chi connectivity index (χ0n) is 17.6. The molecule has 0 spiro atoms. The normalized spacial score (nSPS) is 18.9. The molecule has 1 saturated heterocycles. The number of hydrogen-bond donors (Lipinski definition) is 3. The van der Waals surface area contributed by atoms with E-state index < -0.39 is 0 Å². The lowest BCUT2D eigenvalue weighted by molar-refractivity contribution is -1.02. The van der Waals surface area contributed by atoms with E-state index in [9.17, 15) is 4.79 Å². The average Bonchev–Trinajstić information content (AvgIpc) is 3.21. The van der Waals surface area contributed by atoms with Crippen LogP contribution in [0.4, 0.5) is 5.69 Å². The summed E-state index contributed by atoms with van der Waals surface area (Å²) in [6.45, 7) is 9.15. The van der Waals surface area contributed by atoms with E-state index in [4.69, 9.17) is 4.52 Å². The standard InChI is InChI=1S/C23H27N5O2/c1-17-7-6-8-18(2)22(17)24-20(29)15-27-11-13-28(14-12-27)16-21-25-23(26-30-21)19-9-4-3-5-10-19/h3-10H,11-16H2,1-2H3,(H,24,29)/p+2. The van der Waals surface area contributed by atoms with Gasteiger partial charge in [-0.1, -0.05) is 53.7 Å². The number of aryl methyl sites for hydroxylation is 2. The Morgan fingerprint density at radius 2 is 1.63 bits per heavy atom. The lowest BCUT2D eigenvalue weighted by Gasteiger charge is -2.28. The molecule has 0 unspecified atom stereocenters. The first-order chi connectivity index (χ1) is 14.6. The van der Waals surface area contributed by atoms with Gasteiger partial charge in [0.1, 0.15) is 26.2 Å². The van der Waals surface area contributed by atoms with Crippen molar-refractivity contribution in [2.24, 2.45) is 0 Å². The Hall–Kier alpha value is -3.03. The Morgan fingerprint density at radius 1 is 0.967 bits per heavy atom. The van der Waals surface area contributed by atoms with E-state index in [1.165, 1.54) is 9.80 Å². The zero-order valence-corrected chi connectivity index (χ0v) is 17.6. The second kappa shape index (κ2) is 9.19. The van der Waals surface area contributed by atoms with Crippen LogP contribution >= 0.6 is 0 Å². The highest BCUT2D eigenvalue weighted by molar-refractivity contribution is 5.93. The minimum atomic E-state index is 0.0789. The largest absolute Gasteiger partial charge is 0.333 e. The van der Waals surface area contributed by atoms with Crippen LogP contribution in [0.5, 0.6) is 0 Å². The molecule has 0 saturated carbocycles. The van der Waals surface area contributed by atoms with Crippen molar-refractivity contribution in [3.63, 3.8) is 0 Å². The molecule has 30 heavy (non-hydrogen) atoms. The summed E-state index contributed by atoms with van der Waals surface area (Å²) in [5.74, 6) is 1.38. The molecule has 7 heteroatoms. The number of benzene rings is 2. The predicted molar refractivity (Wildman–Crippen MR) is 114 cm³/mol. The fourth-order valence-electron chi connectivity index (χ4n) is 3.98. The molecule has 0 atom stereocenters. The maximum atomic E-state index is 12.5. The third-order valence-corrected chi connectivity index (χ3v) is 5.72. The van der Waals surface area contributed by atoms with Gasteiger partial charge in [-0.15, -0.1) is 0 Å². The molecule has 4 rings (SSSR count). The number of anilines is 1. The molecule has 0 bridgehead atoms. The van der Waals surface area contributed by atoms with Crippen molar-refractivity contribution in [2.45, 2.75) is 20.4 Å². The number of amides is 1. The first-order valence-corrected chi connectivity index (χ1v) is 10.5. The number of carbonyl (C=O) groups is 1. The van der Waals surface area contributed by atoms with Crippen LogP contribution in [0.25, 0.3) is 11.4 Å². The van der Waals surface area contributed by atoms with Gasteiger partial charge < -0.3 is 19.6 Å². The molecule has 1 amide bonds. The van der Waals surface area contributed by atoms with Crippen molar-refractivity contribution in [1.82, 2.24) is 10.1 Å². The van der Waals surface area contributed by atoms with Crippen LogP contribution in [0.3, 0.4) is 0 Å². The zero-order chi connectivity index (χ0) is 20.9. The Kier molecular flexibility index (Phi) is 6.21. The fraction of sp³-hybridized carbons (Fsp3) is 0.348. The summed E-state index contributed by atoms with van der Waals surface area (Å²) in [5, 5.41) is 7.20. The van der Waals surface area contributed by atoms with Gasteiger partial charge in [-0.25, -0.2) is 0 Å². The van der Waals surface area contributed by atoms with Gasteiger partial charge >= 0.3 is 0 Å². The summed E-state index contributed by atoms with van der Waals surface area (Å²) in [6.07, 6.45) is 0. The van der Waals surface area contributed by atoms with Gasteiger partial charge in [-0.05, 0) is 25.0 Å². The monoisotopic (exact) mass is 407 g/mol. The summed E-state index contributed by atoms with van der Waals surface area (Å²) in [4.78, 5) is 19.8. The smallest absolute Gasteiger partial charge is 0.282 e. The Balaban J connectivity index is 1.25. The molecule has 0 aliphatic carbocycles. The minimum absolute atomic E-state index is 0.0789. The fourth-order valence-corrected chi connectivity index (χ4v) is 3.98. The molecule has 2 aromatic carbocycles. The molecule has 3 N–H and O–H groups in total. The maximum Gasteiger partial charge on any atom is 0.282 e. The van der Waals surface area contributed by atoms with Crippen LogP contribution in [-0.2, 0) is 11.3 Å². The van der Waals surface area contributed by atoms with Gasteiger partial charge in [0.25, 0.3) is 11.8 Å². The first kappa shape index (κ1) is 20.3. The van der Waals surface area contributed by atoms with Crippen LogP contribution in [0.15, 0.2) is 53.1 Å². The summed E-state index contributed by atoms with van der Waals surface area (Å²) < 4.78 is 5.45. The number of rotatable bonds is 6. The van der Waals surface area contributed by atoms with Crippen molar-refractivity contribution in [1.29, 1.82) is 0 Å². The van der Waals surface area contributed by atoms with E-state index in [1.54, 1.807) is 0 Å². The molecular formula is C23H29N5O2+2. The van der Waals surface area contributed by atoms with Crippen molar-refractivity contribution in [3.05, 3.63) is 65.5 Å². The minimum Gasteiger partial charge on any atom is -0.333 e. The molecule has 0 radical (unpaired) electrons. The van der Waals surface area contributed by atoms with Crippen LogP contribution < -0.4 is 15.1 Å². The quantitative estimate of drug-likeness (QED) is 0.549. The molecule has 1 aromatic heterocycles. The van der Waals surface area contributed by atoms with E-state index >= 15 is 0 Å². The van der Waals surface area contributed by atoms with Gasteiger partial charge in [0.05, 0.1) is 0 Å². The Labute approximate surface area is 176 Å². The molecular weight excluding hydrogens is 378 g/mol. The number of para-hydroxylation sites is 1. The second-order valence-electron chi connectivity index (χ2n) is 8.05. The molecule has 2 heterocycles. The SMILES string of the molecule is Cc1cccc(C)c1NC(=O)C[NH+]1CC[NH+](Cc2nc(-c3ccccc3)no2)CC1. The number of nitrogens with zero attached hydrogens (tertiary/aromatic N) is 2. The highest BCUT2D eigenvalue weighted by Gasteiger charge is 2.26. The lowest BCUT2D eigenvalue weighted by atomic mass is 10.1. The van der Waals surface area contributed by atoms with Crippen molar-refractivity contribution in [3.8, 4) is 11.4 Å². The number of quaternary nitrogens is 2. The van der Waals surface area contributed by atoms with Gasteiger partial charge in [0.15, 0.2) is 13.1 Å². The Bertz CT molecular complexity index is 974. The average molecular weight is 408 g/mol. The van der Waals surface area contributed by atoms with Crippen LogP contribution in [-0.4, -0.2) is 48.8 Å². The molecule has 1 aliphatic rings. The van der Waals surface area contributed by atoms with E-state index in [0.717, 1.165) is 55.1 Å². The van der Waals surface area contributed by atoms with E-state index in [-0.39, 0.29) is 5.91 Å². The van der Waals surface area contributed by atoms with E-state index in [0.29, 0.717) is 18.3 Å². The van der Waals surface area contributed by atoms with E-state index in [2.05, 4.69) is 15.5 Å². The number of carbonyl (C=O) groups excluding carboxylic acids is 1. The molecule has 1 aliphatic heterocycles. The van der Waals surface area contributed by atoms with Crippen LogP contribution in [0.1, 0.15) is 17.0 Å². The van der Waals surface area contributed by atoms with E-state index in [1.807, 2.05) is 62.4 Å². The number of nitrogens with one attached hydrogen (secondary N) is 3. The highest BCUT2D eigenvalue weighted by Crippen LogP contribution is 2.19. The van der Waals surface area contributed by atoms with Crippen LogP contribution in [0, 0.1) is 13.8 Å². The highest BCUT2D eigenvalue weighted by atomic mass is 16.5. The number of hydrogen-bond acceptors (Lipinski definition) is 4. The van der Waals surface area contributed by atoms with Gasteiger partial charge in [0.2, 0.25) is 5.82 Å². The number of aromatic nitrogens is 2. The molecule has 7 nitrogen and oxygen atoms in total. The molecule has 156 valence electrons. The Morgan fingerprint density at radius 3 is 2.33 bits per heavy atom. The first-order valence-electron chi connectivity index (χ1n) is 10.5. The molecule has 3 aromatic rings. The van der Waals surface area contributed by atoms with Crippen molar-refractivity contribution >= 4 is 11.6 Å². The number of piperazine rings is 1. The summed E-state index contributed by atoms with van der Waals surface area (Å²) >= 11 is 0. The summed E-state index contributed by atoms with van der Waals surface area (Å²) in [5.41, 5.74) is 4.10. The summed E-state index contributed by atoms with van der Waals surface area (Å²) in [7, 11) is 0. The predicted octanol–water partition coefficient (Wildman–Crippen LogP) is 0.276. The van der Waals surface area contributed by atoms with Crippen molar-refractivity contribution in [2.75, 3.05) is 38.0 Å². The molecule has 1 fully saturated rings. The van der Waals surface area contributed by atoms with Gasteiger partial charge in [0, 0.05) is 11.3 Å². The lowest BCUT2D eigenvalue weighted by Crippen LogP contribution is -3.28. The summed E-state index contributed by atoms with van der Waals surface area (Å²) in [6, 6.07) is 15.9. The van der Waals surface area contributed by atoms with Gasteiger partial charge in [-0.3, -0.25) is 4.79 Å². The topological polar surface area (TPSA) is 76.9 Å².